The van der Waals surface area contributed by atoms with E-state index in [2.05, 4.69) is 0 Å². The summed E-state index contributed by atoms with van der Waals surface area (Å²) in [5, 5.41) is 19.8. The number of anilines is 1. The number of aromatic hydroxyl groups is 1. The summed E-state index contributed by atoms with van der Waals surface area (Å²) >= 11 is 0. The smallest absolute Gasteiger partial charge is 0.330 e. The second kappa shape index (κ2) is 4.26. The zero-order valence-electron chi connectivity index (χ0n) is 10.8. The Balaban J connectivity index is 2.33. The van der Waals surface area contributed by atoms with E-state index in [9.17, 15) is 23.0 Å². The van der Waals surface area contributed by atoms with Crippen molar-refractivity contribution in [3.63, 3.8) is 0 Å². The van der Waals surface area contributed by atoms with Crippen molar-refractivity contribution in [1.29, 1.82) is 0 Å². The molecule has 2 aromatic carbocycles. The van der Waals surface area contributed by atoms with E-state index in [1.165, 1.54) is 6.07 Å². The summed E-state index contributed by atoms with van der Waals surface area (Å²) < 4.78 is 40.5. The molecule has 0 aliphatic carbocycles. The van der Waals surface area contributed by atoms with Gasteiger partial charge in [0, 0.05) is 5.39 Å². The van der Waals surface area contributed by atoms with Gasteiger partial charge in [0.25, 0.3) is 0 Å². The van der Waals surface area contributed by atoms with E-state index in [4.69, 9.17) is 0 Å². The third-order valence-corrected chi connectivity index (χ3v) is 4.41. The molecule has 0 amide bonds. The number of aliphatic hydroxyl groups excluding tert-OH is 1. The fourth-order valence-electron chi connectivity index (χ4n) is 2.22. The summed E-state index contributed by atoms with van der Waals surface area (Å²) in [6.45, 7) is 1.77. The van der Waals surface area contributed by atoms with Gasteiger partial charge >= 0.3 is 10.2 Å². The number of rotatable bonds is 1. The number of fused-ring (bicyclic) bond motifs is 1. The number of nitrogens with zero attached hydrogens (tertiary/aromatic N) is 1. The molecule has 0 unspecified atom stereocenters. The first-order valence-corrected chi connectivity index (χ1v) is 7.38. The van der Waals surface area contributed by atoms with E-state index in [0.29, 0.717) is 9.69 Å². The van der Waals surface area contributed by atoms with Crippen molar-refractivity contribution < 1.29 is 23.0 Å². The molecule has 0 atom stereocenters. The molecule has 8 heteroatoms. The maximum atomic E-state index is 14.6. The molecular formula is C13H11FN2O4S. The van der Waals surface area contributed by atoms with Crippen molar-refractivity contribution in [3.8, 4) is 5.75 Å². The molecule has 0 saturated heterocycles. The molecule has 0 bridgehead atoms. The van der Waals surface area contributed by atoms with Crippen molar-refractivity contribution >= 4 is 26.7 Å². The molecule has 2 aromatic rings. The molecule has 3 N–H and O–H groups in total. The van der Waals surface area contributed by atoms with Gasteiger partial charge in [0.15, 0.2) is 5.82 Å². The Morgan fingerprint density at radius 2 is 1.95 bits per heavy atom. The third kappa shape index (κ3) is 2.04. The Morgan fingerprint density at radius 3 is 2.57 bits per heavy atom. The minimum Gasteiger partial charge on any atom is -0.506 e. The number of hydrogen-bond acceptors (Lipinski definition) is 4. The number of benzene rings is 2. The predicted molar refractivity (Wildman–Crippen MR) is 75.6 cm³/mol. The Labute approximate surface area is 119 Å². The van der Waals surface area contributed by atoms with Crippen molar-refractivity contribution in [1.82, 2.24) is 4.72 Å². The minimum atomic E-state index is -4.17. The van der Waals surface area contributed by atoms with Crippen molar-refractivity contribution in [2.24, 2.45) is 0 Å². The Bertz CT molecular complexity index is 893. The highest BCUT2D eigenvalue weighted by atomic mass is 32.2. The number of aliphatic hydroxyl groups is 1. The van der Waals surface area contributed by atoms with Crippen LogP contribution in [0, 0.1) is 12.7 Å². The van der Waals surface area contributed by atoms with Crippen molar-refractivity contribution in [2.75, 3.05) is 4.31 Å². The highest BCUT2D eigenvalue weighted by Crippen LogP contribution is 2.39. The standard InChI is InChI=1S/C13H11FN2O4S/c1-7-2-3-8-5-10(17)13(12(14)9(8)4-7)16-6-11(18)15-21(16,19)20/h2-6,15,17-18H,1H3. The molecule has 110 valence electrons. The monoisotopic (exact) mass is 310 g/mol. The summed E-state index contributed by atoms with van der Waals surface area (Å²) in [7, 11) is -4.17. The summed E-state index contributed by atoms with van der Waals surface area (Å²) in [5.41, 5.74) is 0.253. The average molecular weight is 310 g/mol. The Kier molecular flexibility index (Phi) is 2.74. The van der Waals surface area contributed by atoms with Crippen LogP contribution in [0.15, 0.2) is 36.3 Å². The van der Waals surface area contributed by atoms with E-state index in [1.54, 1.807) is 29.8 Å². The lowest BCUT2D eigenvalue weighted by atomic mass is 10.1. The fourth-order valence-corrected chi connectivity index (χ4v) is 3.29. The first-order chi connectivity index (χ1) is 9.79. The van der Waals surface area contributed by atoms with Crippen molar-refractivity contribution in [2.45, 2.75) is 6.92 Å². The maximum absolute atomic E-state index is 14.6. The van der Waals surface area contributed by atoms with Gasteiger partial charge in [0.05, 0.1) is 6.20 Å². The van der Waals surface area contributed by atoms with E-state index >= 15 is 0 Å². The Hall–Kier alpha value is -2.48. The van der Waals surface area contributed by atoms with Gasteiger partial charge in [-0.1, -0.05) is 17.7 Å². The molecule has 0 radical (unpaired) electrons. The van der Waals surface area contributed by atoms with Crippen LogP contribution in [-0.2, 0) is 10.2 Å². The number of phenolic OH excluding ortho intramolecular Hbond substituents is 1. The molecule has 0 saturated carbocycles. The van der Waals surface area contributed by atoms with E-state index in [-0.39, 0.29) is 5.39 Å². The Morgan fingerprint density at radius 1 is 1.24 bits per heavy atom. The maximum Gasteiger partial charge on any atom is 0.330 e. The van der Waals surface area contributed by atoms with E-state index in [0.717, 1.165) is 11.8 Å². The molecule has 21 heavy (non-hydrogen) atoms. The summed E-state index contributed by atoms with van der Waals surface area (Å²) in [5.74, 6) is -2.08. The zero-order chi connectivity index (χ0) is 15.4. The van der Waals surface area contributed by atoms with Crippen LogP contribution in [0.5, 0.6) is 5.75 Å². The fraction of sp³-hybridized carbons (Fsp3) is 0.0769. The third-order valence-electron chi connectivity index (χ3n) is 3.14. The molecule has 0 aromatic heterocycles. The van der Waals surface area contributed by atoms with Crippen molar-refractivity contribution in [3.05, 3.63) is 47.7 Å². The topological polar surface area (TPSA) is 89.9 Å². The van der Waals surface area contributed by atoms with Crippen LogP contribution in [0.25, 0.3) is 10.8 Å². The second-order valence-electron chi connectivity index (χ2n) is 4.70. The van der Waals surface area contributed by atoms with Crippen LogP contribution in [0.3, 0.4) is 0 Å². The lowest BCUT2D eigenvalue weighted by Gasteiger charge is -2.17. The largest absolute Gasteiger partial charge is 0.506 e. The van der Waals surface area contributed by atoms with Crippen LogP contribution >= 0.6 is 0 Å². The van der Waals surface area contributed by atoms with E-state index < -0.39 is 33.3 Å². The first-order valence-electron chi connectivity index (χ1n) is 5.94. The number of nitrogens with one attached hydrogen (secondary N) is 1. The number of phenols is 1. The molecule has 0 fully saturated rings. The molecule has 6 nitrogen and oxygen atoms in total. The number of hydrogen-bond donors (Lipinski definition) is 3. The van der Waals surface area contributed by atoms with Gasteiger partial charge in [-0.2, -0.15) is 8.42 Å². The first kappa shape index (κ1) is 13.5. The van der Waals surface area contributed by atoms with Crippen LogP contribution in [0.1, 0.15) is 5.56 Å². The van der Waals surface area contributed by atoms with Gasteiger partial charge in [-0.05, 0) is 24.4 Å². The minimum absolute atomic E-state index is 0.179. The molecule has 1 heterocycles. The highest BCUT2D eigenvalue weighted by Gasteiger charge is 2.33. The van der Waals surface area contributed by atoms with Crippen LogP contribution in [0.4, 0.5) is 10.1 Å². The van der Waals surface area contributed by atoms with Gasteiger partial charge in [-0.15, -0.1) is 0 Å². The van der Waals surface area contributed by atoms with E-state index in [1.807, 2.05) is 0 Å². The quantitative estimate of drug-likeness (QED) is 0.751. The van der Waals surface area contributed by atoms with Gasteiger partial charge in [-0.25, -0.2) is 13.4 Å². The lowest BCUT2D eigenvalue weighted by Crippen LogP contribution is -2.30. The van der Waals surface area contributed by atoms with Crippen LogP contribution in [0.2, 0.25) is 0 Å². The normalized spacial score (nSPS) is 16.9. The molecular weight excluding hydrogens is 299 g/mol. The molecule has 1 aliphatic rings. The zero-order valence-corrected chi connectivity index (χ0v) is 11.6. The molecule has 3 rings (SSSR count). The number of halogens is 1. The lowest BCUT2D eigenvalue weighted by molar-refractivity contribution is 0.392. The number of aryl methyl sites for hydroxylation is 1. The van der Waals surface area contributed by atoms with Gasteiger partial charge < -0.3 is 10.2 Å². The summed E-state index contributed by atoms with van der Waals surface area (Å²) in [6, 6.07) is 6.20. The summed E-state index contributed by atoms with van der Waals surface area (Å²) in [6.07, 6.45) is 0.787. The second-order valence-corrected chi connectivity index (χ2v) is 6.25. The van der Waals surface area contributed by atoms with Crippen LogP contribution in [-0.4, -0.2) is 18.6 Å². The predicted octanol–water partition coefficient (Wildman–Crippen LogP) is 2.00. The SMILES string of the molecule is Cc1ccc2cc(O)c(N3C=C(O)NS3(=O)=O)c(F)c2c1. The van der Waals surface area contributed by atoms with Gasteiger partial charge in [0.1, 0.15) is 11.4 Å². The van der Waals surface area contributed by atoms with Gasteiger partial charge in [-0.3, -0.25) is 0 Å². The average Bonchev–Trinajstić information content (AvgIpc) is 2.64. The van der Waals surface area contributed by atoms with Crippen LogP contribution < -0.4 is 9.03 Å². The molecule has 0 spiro atoms. The highest BCUT2D eigenvalue weighted by molar-refractivity contribution is 7.91. The van der Waals surface area contributed by atoms with Gasteiger partial charge in [0.2, 0.25) is 5.88 Å². The molecule has 1 aliphatic heterocycles. The summed E-state index contributed by atoms with van der Waals surface area (Å²) in [4.78, 5) is 0.